The number of benzene rings is 1. The minimum Gasteiger partial charge on any atom is -0.305 e. The second-order valence-corrected chi connectivity index (χ2v) is 5.99. The molecule has 0 radical (unpaired) electrons. The number of hydrogen-bond donors (Lipinski definition) is 1. The lowest BCUT2D eigenvalue weighted by Crippen LogP contribution is -2.29. The number of halogens is 1. The van der Waals surface area contributed by atoms with Crippen molar-refractivity contribution < 1.29 is 12.8 Å². The fraction of sp³-hybridized carbons (Fsp3) is 0.250. The smallest absolute Gasteiger partial charge is 0.173 e. The Kier molecular flexibility index (Phi) is 3.45. The third-order valence-electron chi connectivity index (χ3n) is 2.66. The summed E-state index contributed by atoms with van der Waals surface area (Å²) in [4.78, 5) is 0. The molecule has 1 heterocycles. The summed E-state index contributed by atoms with van der Waals surface area (Å²) in [5.74, 6) is -0.418. The number of nitriles is 1. The van der Waals surface area contributed by atoms with E-state index in [1.54, 1.807) is 6.08 Å². The second kappa shape index (κ2) is 4.88. The van der Waals surface area contributed by atoms with Crippen LogP contribution >= 0.6 is 0 Å². The van der Waals surface area contributed by atoms with Gasteiger partial charge in [0, 0.05) is 23.6 Å². The lowest BCUT2D eigenvalue weighted by Gasteiger charge is -2.10. The van der Waals surface area contributed by atoms with Crippen molar-refractivity contribution in [2.24, 2.45) is 0 Å². The molecule has 1 atom stereocenters. The first-order chi connectivity index (χ1) is 8.50. The van der Waals surface area contributed by atoms with Crippen molar-refractivity contribution in [2.75, 3.05) is 5.75 Å². The van der Waals surface area contributed by atoms with Gasteiger partial charge < -0.3 is 5.32 Å². The minimum absolute atomic E-state index is 0.00738. The normalized spacial score (nSPS) is 20.8. The van der Waals surface area contributed by atoms with Crippen molar-refractivity contribution >= 4 is 9.84 Å². The fourth-order valence-electron chi connectivity index (χ4n) is 1.72. The van der Waals surface area contributed by atoms with Crippen LogP contribution in [0.15, 0.2) is 29.7 Å². The lowest BCUT2D eigenvalue weighted by atomic mass is 10.1. The lowest BCUT2D eigenvalue weighted by molar-refractivity contribution is 0.568. The quantitative estimate of drug-likeness (QED) is 0.889. The van der Waals surface area contributed by atoms with Gasteiger partial charge in [0.05, 0.1) is 17.4 Å². The zero-order valence-corrected chi connectivity index (χ0v) is 10.2. The molecule has 0 aromatic heterocycles. The second-order valence-electron chi connectivity index (χ2n) is 4.06. The number of nitrogens with zero attached hydrogens (tertiary/aromatic N) is 1. The van der Waals surface area contributed by atoms with E-state index >= 15 is 0 Å². The summed E-state index contributed by atoms with van der Waals surface area (Å²) in [6.45, 7) is 0.186. The molecule has 1 aliphatic rings. The van der Waals surface area contributed by atoms with E-state index in [1.165, 1.54) is 18.2 Å². The van der Waals surface area contributed by atoms with Gasteiger partial charge in [-0.15, -0.1) is 0 Å². The van der Waals surface area contributed by atoms with Crippen LogP contribution in [0.1, 0.15) is 11.1 Å². The summed E-state index contributed by atoms with van der Waals surface area (Å²) in [6, 6.07) is 5.71. The van der Waals surface area contributed by atoms with Crippen LogP contribution in [0.4, 0.5) is 4.39 Å². The van der Waals surface area contributed by atoms with Crippen LogP contribution in [0.3, 0.4) is 0 Å². The van der Waals surface area contributed by atoms with Gasteiger partial charge in [-0.25, -0.2) is 12.8 Å². The van der Waals surface area contributed by atoms with Gasteiger partial charge in [-0.3, -0.25) is 0 Å². The van der Waals surface area contributed by atoms with Crippen LogP contribution in [-0.4, -0.2) is 20.2 Å². The zero-order chi connectivity index (χ0) is 13.2. The molecule has 0 fully saturated rings. The Balaban J connectivity index is 2.03. The number of sulfone groups is 1. The van der Waals surface area contributed by atoms with E-state index in [0.717, 1.165) is 5.41 Å². The van der Waals surface area contributed by atoms with Crippen molar-refractivity contribution in [3.8, 4) is 6.07 Å². The molecule has 0 bridgehead atoms. The molecule has 0 spiro atoms. The van der Waals surface area contributed by atoms with Crippen LogP contribution < -0.4 is 5.32 Å². The summed E-state index contributed by atoms with van der Waals surface area (Å²) in [5.41, 5.74) is 0.731. The molecule has 1 aromatic rings. The van der Waals surface area contributed by atoms with E-state index in [2.05, 4.69) is 5.32 Å². The molecule has 94 valence electrons. The van der Waals surface area contributed by atoms with Crippen LogP contribution in [-0.2, 0) is 16.4 Å². The number of hydrogen-bond acceptors (Lipinski definition) is 4. The molecule has 4 nitrogen and oxygen atoms in total. The first-order valence-corrected chi connectivity index (χ1v) is 7.04. The van der Waals surface area contributed by atoms with Gasteiger partial charge in [0.2, 0.25) is 0 Å². The average molecular weight is 266 g/mol. The first-order valence-electron chi connectivity index (χ1n) is 5.33. The molecular weight excluding hydrogens is 255 g/mol. The zero-order valence-electron chi connectivity index (χ0n) is 9.43. The summed E-state index contributed by atoms with van der Waals surface area (Å²) in [6.07, 6.45) is 1.54. The molecule has 18 heavy (non-hydrogen) atoms. The number of nitrogens with one attached hydrogen (secondary N) is 1. The number of rotatable bonds is 3. The topological polar surface area (TPSA) is 70.0 Å². The minimum atomic E-state index is -3.11. The molecule has 2 rings (SSSR count). The highest BCUT2D eigenvalue weighted by molar-refractivity contribution is 7.94. The molecule has 1 aliphatic heterocycles. The molecule has 1 unspecified atom stereocenters. The highest BCUT2D eigenvalue weighted by Crippen LogP contribution is 2.12. The van der Waals surface area contributed by atoms with E-state index in [0.29, 0.717) is 11.1 Å². The maximum absolute atomic E-state index is 13.4. The van der Waals surface area contributed by atoms with E-state index in [-0.39, 0.29) is 18.3 Å². The molecule has 0 saturated carbocycles. The predicted octanol–water partition coefficient (Wildman–Crippen LogP) is 1.10. The third-order valence-corrected chi connectivity index (χ3v) is 4.06. The third kappa shape index (κ3) is 2.94. The Morgan fingerprint density at radius 1 is 1.50 bits per heavy atom. The van der Waals surface area contributed by atoms with Crippen LogP contribution in [0.25, 0.3) is 0 Å². The average Bonchev–Trinajstić information content (AvgIpc) is 2.68. The summed E-state index contributed by atoms with van der Waals surface area (Å²) in [7, 11) is -3.11. The first kappa shape index (κ1) is 12.7. The monoisotopic (exact) mass is 266 g/mol. The standard InChI is InChI=1S/C12H11FN2O2S/c13-12-2-1-9(6-14)5-10(12)7-15-11-3-4-18(16,17)8-11/h1-5,11,15H,7-8H2. The van der Waals surface area contributed by atoms with Crippen LogP contribution in [0, 0.1) is 17.1 Å². The maximum atomic E-state index is 13.4. The Hall–Kier alpha value is -1.71. The van der Waals surface area contributed by atoms with Gasteiger partial charge in [0.15, 0.2) is 9.84 Å². The SMILES string of the molecule is N#Cc1ccc(F)c(CNC2C=CS(=O)(=O)C2)c1. The van der Waals surface area contributed by atoms with Gasteiger partial charge in [-0.1, -0.05) is 6.08 Å². The Bertz CT molecular complexity index is 632. The molecule has 1 aromatic carbocycles. The van der Waals surface area contributed by atoms with Gasteiger partial charge in [0.25, 0.3) is 0 Å². The highest BCUT2D eigenvalue weighted by atomic mass is 32.2. The Morgan fingerprint density at radius 2 is 2.28 bits per heavy atom. The fourth-order valence-corrected chi connectivity index (χ4v) is 2.99. The maximum Gasteiger partial charge on any atom is 0.173 e. The summed E-state index contributed by atoms with van der Waals surface area (Å²) in [5, 5.41) is 12.8. The predicted molar refractivity (Wildman–Crippen MR) is 64.7 cm³/mol. The van der Waals surface area contributed by atoms with Crippen LogP contribution in [0.2, 0.25) is 0 Å². The largest absolute Gasteiger partial charge is 0.305 e. The molecule has 1 N–H and O–H groups in total. The molecule has 0 aliphatic carbocycles. The summed E-state index contributed by atoms with van der Waals surface area (Å²) >= 11 is 0. The van der Waals surface area contributed by atoms with Gasteiger partial charge >= 0.3 is 0 Å². The van der Waals surface area contributed by atoms with Gasteiger partial charge in [-0.05, 0) is 18.2 Å². The van der Waals surface area contributed by atoms with Crippen molar-refractivity contribution in [1.82, 2.24) is 5.32 Å². The summed E-state index contributed by atoms with van der Waals surface area (Å²) < 4.78 is 35.8. The van der Waals surface area contributed by atoms with Crippen molar-refractivity contribution in [1.29, 1.82) is 5.26 Å². The van der Waals surface area contributed by atoms with E-state index in [1.807, 2.05) is 6.07 Å². The van der Waals surface area contributed by atoms with Crippen molar-refractivity contribution in [3.05, 3.63) is 46.6 Å². The Morgan fingerprint density at radius 3 is 2.89 bits per heavy atom. The molecule has 6 heteroatoms. The molecular formula is C12H11FN2O2S. The molecule has 0 saturated heterocycles. The Labute approximate surface area is 105 Å². The van der Waals surface area contributed by atoms with E-state index in [4.69, 9.17) is 5.26 Å². The van der Waals surface area contributed by atoms with E-state index in [9.17, 15) is 12.8 Å². The highest BCUT2D eigenvalue weighted by Gasteiger charge is 2.21. The molecule has 0 amide bonds. The van der Waals surface area contributed by atoms with Gasteiger partial charge in [0.1, 0.15) is 5.82 Å². The van der Waals surface area contributed by atoms with E-state index < -0.39 is 15.7 Å². The van der Waals surface area contributed by atoms with Crippen molar-refractivity contribution in [2.45, 2.75) is 12.6 Å². The van der Waals surface area contributed by atoms with Gasteiger partial charge in [-0.2, -0.15) is 5.26 Å². The van der Waals surface area contributed by atoms with Crippen molar-refractivity contribution in [3.63, 3.8) is 0 Å². The van der Waals surface area contributed by atoms with Crippen LogP contribution in [0.5, 0.6) is 0 Å².